The number of thiazole rings is 1. The average Bonchev–Trinajstić information content (AvgIpc) is 3.45. The molecular weight excluding hydrogens is 538 g/mol. The Hall–Kier alpha value is -5.23. The van der Waals surface area contributed by atoms with Gasteiger partial charge in [0.15, 0.2) is 6.61 Å². The van der Waals surface area contributed by atoms with Gasteiger partial charge in [-0.2, -0.15) is 0 Å². The number of carbonyl (C=O) groups excluding carboxylic acids is 2. The normalized spacial score (nSPS) is 12.2. The third-order valence-corrected chi connectivity index (χ3v) is 6.74. The number of rotatable bonds is 6. The van der Waals surface area contributed by atoms with E-state index in [1.165, 1.54) is 11.3 Å². The molecule has 3 heterocycles. The van der Waals surface area contributed by atoms with E-state index in [4.69, 9.17) is 4.74 Å². The van der Waals surface area contributed by atoms with Crippen molar-refractivity contribution < 1.29 is 23.1 Å². The predicted octanol–water partition coefficient (Wildman–Crippen LogP) is 5.87. The number of anilines is 4. The summed E-state index contributed by atoms with van der Waals surface area (Å²) in [6, 6.07) is 16.6. The first-order valence-electron chi connectivity index (χ1n) is 11.9. The van der Waals surface area contributed by atoms with Crippen LogP contribution in [0.25, 0.3) is 21.8 Å². The van der Waals surface area contributed by atoms with Crippen LogP contribution in [-0.2, 0) is 4.79 Å². The zero-order valence-corrected chi connectivity index (χ0v) is 21.3. The van der Waals surface area contributed by atoms with E-state index in [0.717, 1.165) is 23.1 Å². The molecule has 0 atom stereocenters. The summed E-state index contributed by atoms with van der Waals surface area (Å²) in [5.74, 6) is -1.63. The van der Waals surface area contributed by atoms with Crippen LogP contribution in [-0.4, -0.2) is 33.4 Å². The third kappa shape index (κ3) is 5.20. The molecule has 3 N–H and O–H groups in total. The monoisotopic (exact) mass is 556 g/mol. The minimum absolute atomic E-state index is 0.0524. The summed E-state index contributed by atoms with van der Waals surface area (Å²) in [5, 5.41) is 8.50. The zero-order valence-electron chi connectivity index (χ0n) is 20.4. The molecule has 1 aliphatic heterocycles. The van der Waals surface area contributed by atoms with E-state index >= 15 is 0 Å². The summed E-state index contributed by atoms with van der Waals surface area (Å²) in [7, 11) is 0. The van der Waals surface area contributed by atoms with Gasteiger partial charge in [-0.15, -0.1) is 11.3 Å². The summed E-state index contributed by atoms with van der Waals surface area (Å²) in [6.07, 6.45) is 1.62. The van der Waals surface area contributed by atoms with E-state index in [1.807, 2.05) is 6.07 Å². The average molecular weight is 557 g/mol. The SMILES string of the molecule is O=C1COc2cc(Nc3nccc(-c4scnc4-c4cccc(NC(=O)c5cc(F)ccc5F)c4)n3)ccc2N1. The summed E-state index contributed by atoms with van der Waals surface area (Å²) in [4.78, 5) is 38.3. The van der Waals surface area contributed by atoms with Crippen molar-refractivity contribution in [2.45, 2.75) is 0 Å². The van der Waals surface area contributed by atoms with Gasteiger partial charge < -0.3 is 20.7 Å². The van der Waals surface area contributed by atoms with Crippen molar-refractivity contribution >= 4 is 46.2 Å². The molecule has 2 amide bonds. The van der Waals surface area contributed by atoms with Gasteiger partial charge in [-0.25, -0.2) is 23.7 Å². The van der Waals surface area contributed by atoms with E-state index in [1.54, 1.807) is 54.2 Å². The highest BCUT2D eigenvalue weighted by molar-refractivity contribution is 7.13. The molecule has 0 fully saturated rings. The first-order valence-corrected chi connectivity index (χ1v) is 12.8. The standard InChI is InChI=1S/C28H18F2N6O3S/c29-16-4-6-20(30)19(11-16)27(38)33-17-3-1-2-15(10-17)25-26(40-14-32-25)22-8-9-31-28(36-22)34-18-5-7-21-23(12-18)39-13-24(37)35-21/h1-12,14H,13H2,(H,33,38)(H,35,37)(H,31,34,36). The molecule has 6 rings (SSSR count). The Morgan fingerprint density at radius 3 is 2.80 bits per heavy atom. The van der Waals surface area contributed by atoms with Crippen molar-refractivity contribution in [3.05, 3.63) is 95.6 Å². The number of carbonyl (C=O) groups is 2. The number of hydrogen-bond acceptors (Lipinski definition) is 8. The second kappa shape index (κ2) is 10.5. The number of aromatic nitrogens is 3. The quantitative estimate of drug-likeness (QED) is 0.239. The fourth-order valence-corrected chi connectivity index (χ4v) is 4.85. The van der Waals surface area contributed by atoms with E-state index in [2.05, 4.69) is 30.9 Å². The number of benzene rings is 3. The molecule has 0 spiro atoms. The molecule has 0 radical (unpaired) electrons. The smallest absolute Gasteiger partial charge is 0.262 e. The van der Waals surface area contributed by atoms with Gasteiger partial charge in [0.25, 0.3) is 11.8 Å². The van der Waals surface area contributed by atoms with Crippen LogP contribution in [0.15, 0.2) is 78.4 Å². The molecule has 198 valence electrons. The molecule has 0 saturated heterocycles. The van der Waals surface area contributed by atoms with Gasteiger partial charge >= 0.3 is 0 Å². The van der Waals surface area contributed by atoms with Crippen molar-refractivity contribution in [1.29, 1.82) is 0 Å². The summed E-state index contributed by atoms with van der Waals surface area (Å²) in [6.45, 7) is -0.0524. The zero-order chi connectivity index (χ0) is 27.6. The van der Waals surface area contributed by atoms with Gasteiger partial charge in [0.2, 0.25) is 5.95 Å². The van der Waals surface area contributed by atoms with Gasteiger partial charge in [-0.1, -0.05) is 12.1 Å². The number of ether oxygens (including phenoxy) is 1. The van der Waals surface area contributed by atoms with Crippen molar-refractivity contribution in [1.82, 2.24) is 15.0 Å². The highest BCUT2D eigenvalue weighted by Crippen LogP contribution is 2.36. The third-order valence-electron chi connectivity index (χ3n) is 5.89. The predicted molar refractivity (Wildman–Crippen MR) is 147 cm³/mol. The highest BCUT2D eigenvalue weighted by atomic mass is 32.1. The Balaban J connectivity index is 1.23. The van der Waals surface area contributed by atoms with E-state index in [-0.39, 0.29) is 12.5 Å². The molecule has 5 aromatic rings. The maximum absolute atomic E-state index is 14.1. The molecule has 1 aliphatic rings. The fourth-order valence-electron chi connectivity index (χ4n) is 4.07. The Morgan fingerprint density at radius 1 is 1.00 bits per heavy atom. The Bertz CT molecular complexity index is 1780. The summed E-state index contributed by atoms with van der Waals surface area (Å²) >= 11 is 1.38. The molecule has 12 heteroatoms. The molecule has 0 aliphatic carbocycles. The largest absolute Gasteiger partial charge is 0.482 e. The lowest BCUT2D eigenvalue weighted by molar-refractivity contribution is -0.118. The number of fused-ring (bicyclic) bond motifs is 1. The topological polar surface area (TPSA) is 118 Å². The summed E-state index contributed by atoms with van der Waals surface area (Å²) in [5.41, 5.74) is 4.88. The lowest BCUT2D eigenvalue weighted by Crippen LogP contribution is -2.25. The Morgan fingerprint density at radius 2 is 1.90 bits per heavy atom. The molecule has 9 nitrogen and oxygen atoms in total. The van der Waals surface area contributed by atoms with Gasteiger partial charge in [0.05, 0.1) is 33.0 Å². The van der Waals surface area contributed by atoms with E-state index in [9.17, 15) is 18.4 Å². The maximum Gasteiger partial charge on any atom is 0.262 e. The van der Waals surface area contributed by atoms with Crippen molar-refractivity contribution in [2.24, 2.45) is 0 Å². The van der Waals surface area contributed by atoms with Crippen LogP contribution in [0, 0.1) is 11.6 Å². The van der Waals surface area contributed by atoms with Gasteiger partial charge in [-0.3, -0.25) is 9.59 Å². The van der Waals surface area contributed by atoms with Crippen LogP contribution in [0.1, 0.15) is 10.4 Å². The van der Waals surface area contributed by atoms with Crippen LogP contribution in [0.3, 0.4) is 0 Å². The number of hydrogen-bond donors (Lipinski definition) is 3. The van der Waals surface area contributed by atoms with Crippen molar-refractivity contribution in [3.8, 4) is 27.6 Å². The second-order valence-corrected chi connectivity index (χ2v) is 9.48. The number of halogens is 2. The van der Waals surface area contributed by atoms with E-state index < -0.39 is 23.1 Å². The number of nitrogens with zero attached hydrogens (tertiary/aromatic N) is 3. The summed E-state index contributed by atoms with van der Waals surface area (Å²) < 4.78 is 33.1. The van der Waals surface area contributed by atoms with Crippen LogP contribution >= 0.6 is 11.3 Å². The molecule has 2 aromatic heterocycles. The van der Waals surface area contributed by atoms with E-state index in [0.29, 0.717) is 45.7 Å². The molecule has 0 saturated carbocycles. The van der Waals surface area contributed by atoms with Crippen LogP contribution < -0.4 is 20.7 Å². The Kier molecular flexibility index (Phi) is 6.58. The van der Waals surface area contributed by atoms with Gasteiger partial charge in [0.1, 0.15) is 17.4 Å². The minimum atomic E-state index is -0.820. The first kappa shape index (κ1) is 25.1. The highest BCUT2D eigenvalue weighted by Gasteiger charge is 2.18. The molecule has 3 aromatic carbocycles. The van der Waals surface area contributed by atoms with Crippen molar-refractivity contribution in [2.75, 3.05) is 22.6 Å². The molecule has 0 bridgehead atoms. The molecular formula is C28H18F2N6O3S. The van der Waals surface area contributed by atoms with Crippen LogP contribution in [0.2, 0.25) is 0 Å². The minimum Gasteiger partial charge on any atom is -0.482 e. The first-order chi connectivity index (χ1) is 19.4. The second-order valence-electron chi connectivity index (χ2n) is 8.63. The lowest BCUT2D eigenvalue weighted by atomic mass is 10.1. The lowest BCUT2D eigenvalue weighted by Gasteiger charge is -2.18. The maximum atomic E-state index is 14.1. The van der Waals surface area contributed by atoms with Gasteiger partial charge in [0, 0.05) is 29.2 Å². The number of nitrogens with one attached hydrogen (secondary N) is 3. The van der Waals surface area contributed by atoms with Crippen molar-refractivity contribution in [3.63, 3.8) is 0 Å². The van der Waals surface area contributed by atoms with Crippen LogP contribution in [0.4, 0.5) is 31.8 Å². The van der Waals surface area contributed by atoms with Crippen LogP contribution in [0.5, 0.6) is 5.75 Å². The molecule has 40 heavy (non-hydrogen) atoms. The van der Waals surface area contributed by atoms with Gasteiger partial charge in [-0.05, 0) is 48.5 Å². The Labute approximate surface area is 229 Å². The number of amides is 2. The fraction of sp³-hybridized carbons (Fsp3) is 0.0357. The molecule has 0 unspecified atom stereocenters.